The monoisotopic (exact) mass is 371 g/mol. The smallest absolute Gasteiger partial charge is 0.274 e. The number of benzene rings is 1. The number of nitrogens with zero attached hydrogens (tertiary/aromatic N) is 4. The highest BCUT2D eigenvalue weighted by molar-refractivity contribution is 7.92. The molecule has 7 nitrogen and oxygen atoms in total. The molecule has 3 rings (SSSR count). The van der Waals surface area contributed by atoms with Crippen molar-refractivity contribution in [3.8, 4) is 0 Å². The highest BCUT2D eigenvalue weighted by Gasteiger charge is 2.24. The molecule has 0 unspecified atom stereocenters. The Balaban J connectivity index is 2.08. The summed E-state index contributed by atoms with van der Waals surface area (Å²) in [5.74, 6) is 0.187. The number of halogens is 2. The molecule has 2 aromatic heterocycles. The fourth-order valence-corrected chi connectivity index (χ4v) is 3.47. The predicted molar refractivity (Wildman–Crippen MR) is 87.5 cm³/mol. The second-order valence-corrected chi connectivity index (χ2v) is 7.21. The molecule has 0 aliphatic carbocycles. The van der Waals surface area contributed by atoms with E-state index in [0.717, 1.165) is 0 Å². The Hall–Kier alpha value is -1.90. The van der Waals surface area contributed by atoms with Crippen molar-refractivity contribution in [1.29, 1.82) is 0 Å². The van der Waals surface area contributed by atoms with Crippen LogP contribution in [0, 0.1) is 13.8 Å². The Morgan fingerprint density at radius 2 is 1.91 bits per heavy atom. The third kappa shape index (κ3) is 2.85. The predicted octanol–water partition coefficient (Wildman–Crippen LogP) is 2.85. The lowest BCUT2D eigenvalue weighted by atomic mass is 10.2. The fraction of sp³-hybridized carbons (Fsp3) is 0.154. The lowest BCUT2D eigenvalue weighted by Gasteiger charge is -2.10. The molecule has 0 aliphatic heterocycles. The number of hydrogen-bond acceptors (Lipinski definition) is 5. The van der Waals surface area contributed by atoms with E-state index in [9.17, 15) is 8.42 Å². The van der Waals surface area contributed by atoms with E-state index in [0.29, 0.717) is 11.3 Å². The van der Waals surface area contributed by atoms with Crippen LogP contribution in [-0.2, 0) is 10.0 Å². The molecule has 0 amide bonds. The molecule has 0 saturated heterocycles. The van der Waals surface area contributed by atoms with Gasteiger partial charge in [0.2, 0.25) is 0 Å². The van der Waals surface area contributed by atoms with Crippen LogP contribution in [0.3, 0.4) is 0 Å². The number of hydrogen-bond donors (Lipinski definition) is 1. The molecule has 0 fully saturated rings. The van der Waals surface area contributed by atoms with Crippen molar-refractivity contribution in [2.24, 2.45) is 0 Å². The van der Waals surface area contributed by atoms with E-state index in [-0.39, 0.29) is 21.5 Å². The topological polar surface area (TPSA) is 89.2 Å². The van der Waals surface area contributed by atoms with Gasteiger partial charge < -0.3 is 0 Å². The van der Waals surface area contributed by atoms with Crippen molar-refractivity contribution in [3.05, 3.63) is 45.7 Å². The zero-order valence-electron chi connectivity index (χ0n) is 12.1. The minimum atomic E-state index is -4.06. The molecule has 2 heterocycles. The molecule has 0 radical (unpaired) electrons. The Labute approximate surface area is 142 Å². The number of nitrogens with one attached hydrogen (secondary N) is 1. The average molecular weight is 372 g/mol. The Bertz CT molecular complexity index is 1020. The number of sulfonamides is 1. The summed E-state index contributed by atoms with van der Waals surface area (Å²) in [4.78, 5) is 7.90. The zero-order chi connectivity index (χ0) is 16.8. The third-order valence-electron chi connectivity index (χ3n) is 3.17. The normalized spacial score (nSPS) is 11.8. The minimum absolute atomic E-state index is 0.0943. The van der Waals surface area contributed by atoms with Crippen LogP contribution >= 0.6 is 23.2 Å². The van der Waals surface area contributed by atoms with Gasteiger partial charge in [0.05, 0.1) is 15.7 Å². The lowest BCUT2D eigenvalue weighted by Crippen LogP contribution is -2.15. The number of fused-ring (bicyclic) bond motifs is 1. The molecule has 23 heavy (non-hydrogen) atoms. The van der Waals surface area contributed by atoms with Crippen molar-refractivity contribution in [2.75, 3.05) is 4.72 Å². The molecule has 0 atom stereocenters. The van der Waals surface area contributed by atoms with E-state index < -0.39 is 15.2 Å². The third-order valence-corrected chi connectivity index (χ3v) is 5.10. The van der Waals surface area contributed by atoms with Gasteiger partial charge in [-0.3, -0.25) is 4.72 Å². The van der Waals surface area contributed by atoms with Crippen LogP contribution in [0.4, 0.5) is 5.69 Å². The van der Waals surface area contributed by atoms with Crippen LogP contribution < -0.4 is 4.72 Å². The number of aromatic nitrogens is 4. The van der Waals surface area contributed by atoms with Crippen molar-refractivity contribution in [2.45, 2.75) is 19.0 Å². The van der Waals surface area contributed by atoms with Crippen molar-refractivity contribution in [1.82, 2.24) is 19.6 Å². The van der Waals surface area contributed by atoms with Gasteiger partial charge in [-0.1, -0.05) is 29.3 Å². The molecule has 0 bridgehead atoms. The van der Waals surface area contributed by atoms with Gasteiger partial charge in [0.25, 0.3) is 21.0 Å². The van der Waals surface area contributed by atoms with Gasteiger partial charge in [-0.15, -0.1) is 5.10 Å². The van der Waals surface area contributed by atoms with Crippen LogP contribution in [0.15, 0.2) is 29.6 Å². The van der Waals surface area contributed by atoms with Crippen LogP contribution in [0.2, 0.25) is 10.0 Å². The summed E-state index contributed by atoms with van der Waals surface area (Å²) in [7, 11) is -4.06. The molecular formula is C13H11Cl2N5O2S. The molecule has 1 aromatic carbocycles. The number of rotatable bonds is 3. The fourth-order valence-electron chi connectivity index (χ4n) is 1.93. The van der Waals surface area contributed by atoms with E-state index >= 15 is 0 Å². The average Bonchev–Trinajstić information content (AvgIpc) is 2.94. The SMILES string of the molecule is Cc1ccc(Cl)c(NS(=O)(=O)c2nc3nccc(C)n3n2)c1Cl. The second-order valence-electron chi connectivity index (χ2n) is 4.85. The van der Waals surface area contributed by atoms with Gasteiger partial charge in [0.1, 0.15) is 0 Å². The summed E-state index contributed by atoms with van der Waals surface area (Å²) in [5, 5.41) is 3.96. The highest BCUT2D eigenvalue weighted by atomic mass is 35.5. The van der Waals surface area contributed by atoms with Crippen LogP contribution in [0.25, 0.3) is 5.78 Å². The largest absolute Gasteiger partial charge is 0.299 e. The van der Waals surface area contributed by atoms with Crippen molar-refractivity contribution in [3.63, 3.8) is 0 Å². The molecule has 10 heteroatoms. The van der Waals surface area contributed by atoms with E-state index in [1.165, 1.54) is 10.7 Å². The first kappa shape index (κ1) is 16.0. The molecular weight excluding hydrogens is 361 g/mol. The summed E-state index contributed by atoms with van der Waals surface area (Å²) in [5.41, 5.74) is 1.49. The Morgan fingerprint density at radius 1 is 1.17 bits per heavy atom. The summed E-state index contributed by atoms with van der Waals surface area (Å²) >= 11 is 12.2. The minimum Gasteiger partial charge on any atom is -0.274 e. The standard InChI is InChI=1S/C13H11Cl2N5O2S/c1-7-3-4-9(14)11(10(7)15)19-23(21,22)13-17-12-16-6-5-8(2)20(12)18-13/h3-6,19H,1-2H3. The molecule has 0 spiro atoms. The van der Waals surface area contributed by atoms with Gasteiger partial charge in [-0.25, -0.2) is 9.50 Å². The first-order valence-electron chi connectivity index (χ1n) is 6.45. The number of aryl methyl sites for hydroxylation is 2. The number of anilines is 1. The quantitative estimate of drug-likeness (QED) is 0.764. The first-order valence-corrected chi connectivity index (χ1v) is 8.69. The van der Waals surface area contributed by atoms with E-state index in [1.807, 2.05) is 0 Å². The van der Waals surface area contributed by atoms with Crippen LogP contribution in [0.1, 0.15) is 11.3 Å². The maximum absolute atomic E-state index is 12.5. The van der Waals surface area contributed by atoms with Crippen molar-refractivity contribution >= 4 is 44.7 Å². The van der Waals surface area contributed by atoms with Gasteiger partial charge in [-0.05, 0) is 31.5 Å². The zero-order valence-corrected chi connectivity index (χ0v) is 14.4. The summed E-state index contributed by atoms with van der Waals surface area (Å²) < 4.78 is 28.7. The van der Waals surface area contributed by atoms with E-state index in [4.69, 9.17) is 23.2 Å². The Kier molecular flexibility index (Phi) is 3.91. The summed E-state index contributed by atoms with van der Waals surface area (Å²) in [6.45, 7) is 3.51. The molecule has 1 N–H and O–H groups in total. The molecule has 0 saturated carbocycles. The lowest BCUT2D eigenvalue weighted by molar-refractivity contribution is 0.592. The van der Waals surface area contributed by atoms with Crippen molar-refractivity contribution < 1.29 is 8.42 Å². The highest BCUT2D eigenvalue weighted by Crippen LogP contribution is 2.34. The maximum Gasteiger partial charge on any atom is 0.299 e. The molecule has 0 aliphatic rings. The van der Waals surface area contributed by atoms with Gasteiger partial charge in [-0.2, -0.15) is 13.4 Å². The molecule has 120 valence electrons. The Morgan fingerprint density at radius 3 is 2.61 bits per heavy atom. The van der Waals surface area contributed by atoms with Gasteiger partial charge in [0, 0.05) is 11.9 Å². The molecule has 3 aromatic rings. The van der Waals surface area contributed by atoms with Gasteiger partial charge >= 0.3 is 0 Å². The van der Waals surface area contributed by atoms with E-state index in [1.54, 1.807) is 32.0 Å². The van der Waals surface area contributed by atoms with E-state index in [2.05, 4.69) is 19.8 Å². The van der Waals surface area contributed by atoms with Gasteiger partial charge in [0.15, 0.2) is 0 Å². The summed E-state index contributed by atoms with van der Waals surface area (Å²) in [6, 6.07) is 4.95. The van der Waals surface area contributed by atoms with Crippen LogP contribution in [-0.4, -0.2) is 28.0 Å². The second kappa shape index (κ2) is 5.63. The first-order chi connectivity index (χ1) is 10.8. The maximum atomic E-state index is 12.5. The summed E-state index contributed by atoms with van der Waals surface area (Å²) in [6.07, 6.45) is 1.53. The van der Waals surface area contributed by atoms with Crippen LogP contribution in [0.5, 0.6) is 0 Å².